The van der Waals surface area contributed by atoms with Crippen LogP contribution in [0.2, 0.25) is 5.02 Å². The Morgan fingerprint density at radius 1 is 0.976 bits per heavy atom. The molecule has 1 aliphatic carbocycles. The van der Waals surface area contributed by atoms with Crippen molar-refractivity contribution in [3.05, 3.63) is 59.1 Å². The molecule has 10 heteroatoms. The summed E-state index contributed by atoms with van der Waals surface area (Å²) in [6.07, 6.45) is 5.37. The smallest absolute Gasteiger partial charge is 0.327 e. The van der Waals surface area contributed by atoms with Crippen molar-refractivity contribution in [1.29, 1.82) is 0 Å². The molecule has 1 aliphatic heterocycles. The average molecular weight is 583 g/mol. The lowest BCUT2D eigenvalue weighted by Gasteiger charge is -2.46. The van der Waals surface area contributed by atoms with Crippen LogP contribution < -0.4 is 15.4 Å². The molecule has 2 unspecified atom stereocenters. The van der Waals surface area contributed by atoms with Gasteiger partial charge >= 0.3 is 6.03 Å². The number of urea groups is 1. The van der Waals surface area contributed by atoms with Crippen molar-refractivity contribution in [3.63, 3.8) is 0 Å². The molecule has 1 heterocycles. The molecule has 0 spiro atoms. The van der Waals surface area contributed by atoms with E-state index in [0.29, 0.717) is 68.1 Å². The monoisotopic (exact) mass is 582 g/mol. The van der Waals surface area contributed by atoms with Crippen molar-refractivity contribution in [2.24, 2.45) is 5.92 Å². The summed E-state index contributed by atoms with van der Waals surface area (Å²) in [6, 6.07) is 13.9. The first-order chi connectivity index (χ1) is 19.9. The van der Waals surface area contributed by atoms with Crippen molar-refractivity contribution < 1.29 is 23.9 Å². The third-order valence-electron chi connectivity index (χ3n) is 7.64. The van der Waals surface area contributed by atoms with E-state index in [1.807, 2.05) is 31.2 Å². The highest BCUT2D eigenvalue weighted by Gasteiger charge is 2.47. The fraction of sp³-hybridized carbons (Fsp3) is 0.484. The molecule has 2 aromatic carbocycles. The first-order valence-electron chi connectivity index (χ1n) is 14.5. The Morgan fingerprint density at radius 2 is 1.71 bits per heavy atom. The summed E-state index contributed by atoms with van der Waals surface area (Å²) in [4.78, 5) is 54.8. The Morgan fingerprint density at radius 3 is 2.44 bits per heavy atom. The van der Waals surface area contributed by atoms with E-state index in [-0.39, 0.29) is 42.8 Å². The molecule has 2 atom stereocenters. The number of carbonyl (C=O) groups is 4. The summed E-state index contributed by atoms with van der Waals surface area (Å²) >= 11 is 5.91. The Hall–Kier alpha value is -3.59. The number of rotatable bonds is 13. The van der Waals surface area contributed by atoms with Crippen molar-refractivity contribution in [1.82, 2.24) is 15.1 Å². The van der Waals surface area contributed by atoms with Gasteiger partial charge in [0.05, 0.1) is 12.5 Å². The van der Waals surface area contributed by atoms with E-state index in [1.54, 1.807) is 29.2 Å². The SMILES string of the molecule is CCOc1ccc(NC(=O)CN2C(=O)N(CCCCC(=O)NCCc3ccc(Cl)cc3)C(=O)C3CCCCC32)cc1. The molecule has 2 aromatic rings. The molecule has 41 heavy (non-hydrogen) atoms. The lowest BCUT2D eigenvalue weighted by molar-refractivity contribution is -0.141. The van der Waals surface area contributed by atoms with Gasteiger partial charge in [0.2, 0.25) is 17.7 Å². The molecule has 2 aliphatic rings. The van der Waals surface area contributed by atoms with Gasteiger partial charge in [-0.3, -0.25) is 19.3 Å². The van der Waals surface area contributed by atoms with E-state index in [4.69, 9.17) is 16.3 Å². The number of fused-ring (bicyclic) bond motifs is 1. The minimum Gasteiger partial charge on any atom is -0.494 e. The second-order valence-electron chi connectivity index (χ2n) is 10.5. The third kappa shape index (κ3) is 8.45. The summed E-state index contributed by atoms with van der Waals surface area (Å²) in [5.41, 5.74) is 1.71. The van der Waals surface area contributed by atoms with Crippen LogP contribution in [0.25, 0.3) is 0 Å². The van der Waals surface area contributed by atoms with Crippen LogP contribution in [0.1, 0.15) is 57.4 Å². The predicted octanol–water partition coefficient (Wildman–Crippen LogP) is 5.03. The average Bonchev–Trinajstić information content (AvgIpc) is 2.97. The lowest BCUT2D eigenvalue weighted by Crippen LogP contribution is -2.63. The number of benzene rings is 2. The molecule has 0 radical (unpaired) electrons. The molecule has 0 bridgehead atoms. The van der Waals surface area contributed by atoms with Gasteiger partial charge in [-0.25, -0.2) is 4.79 Å². The van der Waals surface area contributed by atoms with Gasteiger partial charge in [-0.05, 0) is 81.0 Å². The highest BCUT2D eigenvalue weighted by atomic mass is 35.5. The first-order valence-corrected chi connectivity index (χ1v) is 14.9. The van der Waals surface area contributed by atoms with E-state index >= 15 is 0 Å². The van der Waals surface area contributed by atoms with Crippen LogP contribution in [-0.4, -0.2) is 65.8 Å². The van der Waals surface area contributed by atoms with Gasteiger partial charge in [0, 0.05) is 36.3 Å². The number of hydrogen-bond acceptors (Lipinski definition) is 5. The number of halogens is 1. The minimum atomic E-state index is -0.424. The quantitative estimate of drug-likeness (QED) is 0.322. The number of nitrogens with one attached hydrogen (secondary N) is 2. The maximum Gasteiger partial charge on any atom is 0.327 e. The van der Waals surface area contributed by atoms with Gasteiger partial charge in [0.25, 0.3) is 0 Å². The molecule has 220 valence electrons. The number of carbonyl (C=O) groups excluding carboxylic acids is 4. The topological polar surface area (TPSA) is 108 Å². The fourth-order valence-electron chi connectivity index (χ4n) is 5.55. The van der Waals surface area contributed by atoms with E-state index in [2.05, 4.69) is 10.6 Å². The van der Waals surface area contributed by atoms with Gasteiger partial charge < -0.3 is 20.3 Å². The molecule has 0 aromatic heterocycles. The Kier molecular flexibility index (Phi) is 11.0. The Labute approximate surface area is 246 Å². The van der Waals surface area contributed by atoms with Crippen LogP contribution in [0.3, 0.4) is 0 Å². The fourth-order valence-corrected chi connectivity index (χ4v) is 5.68. The standard InChI is InChI=1S/C31H39ClN4O5/c1-2-41-25-16-14-24(15-17-25)34-29(38)21-36-27-8-4-3-7-26(27)30(39)35(31(36)40)20-6-5-9-28(37)33-19-18-22-10-12-23(32)13-11-22/h10-17,26-27H,2-9,18-21H2,1H3,(H,33,37)(H,34,38). The van der Waals surface area contributed by atoms with Crippen LogP contribution in [0, 0.1) is 5.92 Å². The molecule has 2 fully saturated rings. The van der Waals surface area contributed by atoms with Crippen LogP contribution >= 0.6 is 11.6 Å². The molecule has 2 N–H and O–H groups in total. The zero-order valence-corrected chi connectivity index (χ0v) is 24.3. The number of unbranched alkanes of at least 4 members (excludes halogenated alkanes) is 1. The minimum absolute atomic E-state index is 0.0600. The zero-order valence-electron chi connectivity index (χ0n) is 23.6. The lowest BCUT2D eigenvalue weighted by atomic mass is 9.81. The number of hydrogen-bond donors (Lipinski definition) is 2. The predicted molar refractivity (Wildman–Crippen MR) is 158 cm³/mol. The normalized spacial score (nSPS) is 18.6. The third-order valence-corrected chi connectivity index (χ3v) is 7.89. The molecule has 9 nitrogen and oxygen atoms in total. The van der Waals surface area contributed by atoms with Crippen LogP contribution in [0.15, 0.2) is 48.5 Å². The van der Waals surface area contributed by atoms with Crippen LogP contribution in [-0.2, 0) is 20.8 Å². The van der Waals surface area contributed by atoms with Crippen LogP contribution in [0.5, 0.6) is 5.75 Å². The maximum atomic E-state index is 13.5. The summed E-state index contributed by atoms with van der Waals surface area (Å²) in [5.74, 6) is -0.107. The summed E-state index contributed by atoms with van der Waals surface area (Å²) in [7, 11) is 0. The van der Waals surface area contributed by atoms with Gasteiger partial charge in [0.15, 0.2) is 0 Å². The Balaban J connectivity index is 1.26. The molecular formula is C31H39ClN4O5. The summed E-state index contributed by atoms with van der Waals surface area (Å²) in [5, 5.41) is 6.45. The summed E-state index contributed by atoms with van der Waals surface area (Å²) < 4.78 is 5.44. The van der Waals surface area contributed by atoms with E-state index in [1.165, 1.54) is 4.90 Å². The highest BCUT2D eigenvalue weighted by molar-refractivity contribution is 6.30. The van der Waals surface area contributed by atoms with E-state index in [0.717, 1.165) is 18.4 Å². The second kappa shape index (κ2) is 14.9. The first kappa shape index (κ1) is 30.4. The molecular weight excluding hydrogens is 544 g/mol. The van der Waals surface area contributed by atoms with Gasteiger partial charge in [-0.15, -0.1) is 0 Å². The van der Waals surface area contributed by atoms with Crippen molar-refractivity contribution >= 4 is 41.0 Å². The highest BCUT2D eigenvalue weighted by Crippen LogP contribution is 2.34. The van der Waals surface area contributed by atoms with E-state index < -0.39 is 6.03 Å². The number of amides is 5. The second-order valence-corrected chi connectivity index (χ2v) is 11.0. The number of imide groups is 1. The zero-order chi connectivity index (χ0) is 29.2. The van der Waals surface area contributed by atoms with Crippen molar-refractivity contribution in [3.8, 4) is 5.75 Å². The number of nitrogens with zero attached hydrogens (tertiary/aromatic N) is 2. The maximum absolute atomic E-state index is 13.5. The van der Waals surface area contributed by atoms with Gasteiger partial charge in [-0.1, -0.05) is 36.6 Å². The van der Waals surface area contributed by atoms with Crippen molar-refractivity contribution in [2.75, 3.05) is 31.6 Å². The van der Waals surface area contributed by atoms with Gasteiger partial charge in [0.1, 0.15) is 12.3 Å². The molecule has 4 rings (SSSR count). The van der Waals surface area contributed by atoms with Crippen molar-refractivity contribution in [2.45, 2.75) is 64.3 Å². The van der Waals surface area contributed by atoms with E-state index in [9.17, 15) is 19.2 Å². The number of ether oxygens (including phenoxy) is 1. The molecule has 1 saturated heterocycles. The summed E-state index contributed by atoms with van der Waals surface area (Å²) in [6.45, 7) is 3.10. The van der Waals surface area contributed by atoms with Crippen LogP contribution in [0.4, 0.5) is 10.5 Å². The number of anilines is 1. The van der Waals surface area contributed by atoms with Gasteiger partial charge in [-0.2, -0.15) is 0 Å². The molecule has 5 amide bonds. The Bertz CT molecular complexity index is 1200. The largest absolute Gasteiger partial charge is 0.494 e. The molecule has 1 saturated carbocycles.